The summed E-state index contributed by atoms with van der Waals surface area (Å²) in [5, 5.41) is 5.69. The second kappa shape index (κ2) is 11.3. The van der Waals surface area contributed by atoms with Crippen molar-refractivity contribution in [1.82, 2.24) is 29.4 Å². The molecule has 1 saturated heterocycles. The molecule has 4 heterocycles. The number of likely N-dealkylation sites (N-methyl/N-ethyl adjacent to an activating group) is 1. The number of rotatable bonds is 9. The van der Waals surface area contributed by atoms with E-state index in [4.69, 9.17) is 4.74 Å². The third-order valence-electron chi connectivity index (χ3n) is 8.01. The van der Waals surface area contributed by atoms with Crippen LogP contribution in [0.5, 0.6) is 0 Å². The molecular weight excluding hydrogens is 476 g/mol. The second-order valence-electron chi connectivity index (χ2n) is 10.7. The molecule has 3 aromatic heterocycles. The maximum absolute atomic E-state index is 12.6. The number of nitrogens with zero attached hydrogens (tertiary/aromatic N) is 5. The first-order chi connectivity index (χ1) is 18.4. The van der Waals surface area contributed by atoms with Crippen molar-refractivity contribution in [3.8, 4) is 11.3 Å². The minimum absolute atomic E-state index is 0.244. The Hall–Kier alpha value is -3.23. The van der Waals surface area contributed by atoms with Gasteiger partial charge in [0.2, 0.25) is 5.91 Å². The number of methoxy groups -OCH3 is 1. The highest BCUT2D eigenvalue weighted by Gasteiger charge is 2.25. The third-order valence-corrected chi connectivity index (χ3v) is 8.01. The van der Waals surface area contributed by atoms with Crippen molar-refractivity contribution in [2.45, 2.75) is 59.0 Å². The van der Waals surface area contributed by atoms with E-state index in [-0.39, 0.29) is 5.91 Å². The van der Waals surface area contributed by atoms with E-state index in [1.54, 1.807) is 13.4 Å². The lowest BCUT2D eigenvalue weighted by molar-refractivity contribution is -0.132. The van der Waals surface area contributed by atoms with Crippen LogP contribution in [0.1, 0.15) is 69.1 Å². The molecule has 1 fully saturated rings. The number of aromatic amines is 1. The number of nitrogens with one attached hydrogen (secondary N) is 1. The molecule has 1 aliphatic rings. The number of hydrogen-bond donors (Lipinski definition) is 1. The van der Waals surface area contributed by atoms with E-state index in [0.717, 1.165) is 67.0 Å². The molecule has 0 spiro atoms. The number of pyridine rings is 1. The van der Waals surface area contributed by atoms with E-state index in [1.165, 1.54) is 16.5 Å². The number of carbonyl (C=O) groups is 1. The highest BCUT2D eigenvalue weighted by molar-refractivity contribution is 5.92. The molecule has 8 heteroatoms. The van der Waals surface area contributed by atoms with Gasteiger partial charge in [-0.15, -0.1) is 0 Å². The van der Waals surface area contributed by atoms with Gasteiger partial charge in [0.15, 0.2) is 5.65 Å². The zero-order chi connectivity index (χ0) is 26.8. The maximum atomic E-state index is 12.6. The van der Waals surface area contributed by atoms with Gasteiger partial charge >= 0.3 is 0 Å². The zero-order valence-electron chi connectivity index (χ0n) is 23.3. The fraction of sp³-hybridized carbons (Fsp3) is 0.500. The van der Waals surface area contributed by atoms with Crippen LogP contribution >= 0.6 is 0 Å². The zero-order valence-corrected chi connectivity index (χ0v) is 23.3. The molecule has 0 unspecified atom stereocenters. The van der Waals surface area contributed by atoms with E-state index in [0.29, 0.717) is 25.0 Å². The number of likely N-dealkylation sites (tertiary alicyclic amines) is 1. The molecule has 1 aromatic carbocycles. The van der Waals surface area contributed by atoms with Crippen LogP contribution < -0.4 is 0 Å². The topological polar surface area (TPSA) is 78.8 Å². The molecule has 0 aliphatic carbocycles. The number of amides is 1. The minimum Gasteiger partial charge on any atom is -0.380 e. The van der Waals surface area contributed by atoms with Gasteiger partial charge < -0.3 is 14.6 Å². The van der Waals surface area contributed by atoms with Crippen LogP contribution in [0.4, 0.5) is 0 Å². The molecule has 202 valence electrons. The fourth-order valence-electron chi connectivity index (χ4n) is 6.00. The summed E-state index contributed by atoms with van der Waals surface area (Å²) in [5.74, 6) is 1.10. The number of aromatic nitrogens is 4. The Bertz CT molecular complexity index is 1410. The quantitative estimate of drug-likeness (QED) is 0.331. The van der Waals surface area contributed by atoms with Gasteiger partial charge in [0.25, 0.3) is 0 Å². The normalized spacial score (nSPS) is 15.2. The Labute approximate surface area is 225 Å². The SMILES string of the molecule is CCN(CC)C(=O)CN1CCC(c2ccc3[nH]c(-c4cc(COC)c5ncnn5c4)c(C(C)C)c3c2)CC1. The Balaban J connectivity index is 1.42. The first-order valence-electron chi connectivity index (χ1n) is 13.9. The molecule has 4 aromatic rings. The highest BCUT2D eigenvalue weighted by atomic mass is 16.5. The molecule has 38 heavy (non-hydrogen) atoms. The van der Waals surface area contributed by atoms with E-state index in [9.17, 15) is 4.79 Å². The van der Waals surface area contributed by atoms with Gasteiger partial charge in [-0.2, -0.15) is 5.10 Å². The Morgan fingerprint density at radius 1 is 1.18 bits per heavy atom. The number of ether oxygens (including phenoxy) is 1. The van der Waals surface area contributed by atoms with Crippen LogP contribution in [0.15, 0.2) is 36.8 Å². The lowest BCUT2D eigenvalue weighted by Gasteiger charge is -2.33. The molecule has 1 amide bonds. The van der Waals surface area contributed by atoms with Crippen LogP contribution in [0.3, 0.4) is 0 Å². The van der Waals surface area contributed by atoms with Gasteiger partial charge in [0, 0.05) is 48.4 Å². The van der Waals surface area contributed by atoms with E-state index in [2.05, 4.69) is 58.1 Å². The average Bonchev–Trinajstić information content (AvgIpc) is 3.54. The highest BCUT2D eigenvalue weighted by Crippen LogP contribution is 2.38. The summed E-state index contributed by atoms with van der Waals surface area (Å²) in [5.41, 5.74) is 7.93. The van der Waals surface area contributed by atoms with Crippen molar-refractivity contribution >= 4 is 22.5 Å². The largest absolute Gasteiger partial charge is 0.380 e. The number of H-pyrrole nitrogens is 1. The van der Waals surface area contributed by atoms with Gasteiger partial charge in [-0.05, 0) is 80.9 Å². The molecule has 0 radical (unpaired) electrons. The predicted octanol–water partition coefficient (Wildman–Crippen LogP) is 5.20. The number of fused-ring (bicyclic) bond motifs is 2. The van der Waals surface area contributed by atoms with E-state index < -0.39 is 0 Å². The maximum Gasteiger partial charge on any atom is 0.236 e. The van der Waals surface area contributed by atoms with E-state index >= 15 is 0 Å². The Morgan fingerprint density at radius 3 is 2.63 bits per heavy atom. The number of benzene rings is 1. The van der Waals surface area contributed by atoms with Gasteiger partial charge in [-0.25, -0.2) is 9.50 Å². The van der Waals surface area contributed by atoms with Crippen molar-refractivity contribution in [3.63, 3.8) is 0 Å². The van der Waals surface area contributed by atoms with Crippen molar-refractivity contribution in [2.24, 2.45) is 0 Å². The van der Waals surface area contributed by atoms with Crippen LogP contribution in [0, 0.1) is 0 Å². The Kier molecular flexibility index (Phi) is 7.81. The molecule has 1 aliphatic heterocycles. The van der Waals surface area contributed by atoms with Crippen LogP contribution in [-0.4, -0.2) is 75.1 Å². The van der Waals surface area contributed by atoms with Crippen LogP contribution in [-0.2, 0) is 16.1 Å². The molecular formula is C30H40N6O2. The molecule has 5 rings (SSSR count). The van der Waals surface area contributed by atoms with Gasteiger partial charge in [-0.3, -0.25) is 9.69 Å². The summed E-state index contributed by atoms with van der Waals surface area (Å²) < 4.78 is 7.29. The summed E-state index contributed by atoms with van der Waals surface area (Å²) in [6, 6.07) is 9.09. The van der Waals surface area contributed by atoms with E-state index in [1.807, 2.05) is 29.5 Å². The summed E-state index contributed by atoms with van der Waals surface area (Å²) in [4.78, 5) is 24.9. The Morgan fingerprint density at radius 2 is 1.95 bits per heavy atom. The van der Waals surface area contributed by atoms with Crippen molar-refractivity contribution in [3.05, 3.63) is 53.5 Å². The van der Waals surface area contributed by atoms with Crippen molar-refractivity contribution in [2.75, 3.05) is 39.8 Å². The first kappa shape index (κ1) is 26.4. The first-order valence-corrected chi connectivity index (χ1v) is 13.9. The monoisotopic (exact) mass is 516 g/mol. The lowest BCUT2D eigenvalue weighted by Crippen LogP contribution is -2.43. The van der Waals surface area contributed by atoms with Crippen molar-refractivity contribution < 1.29 is 9.53 Å². The number of hydrogen-bond acceptors (Lipinski definition) is 5. The molecule has 8 nitrogen and oxygen atoms in total. The fourth-order valence-corrected chi connectivity index (χ4v) is 6.00. The van der Waals surface area contributed by atoms with Crippen LogP contribution in [0.25, 0.3) is 27.8 Å². The summed E-state index contributed by atoms with van der Waals surface area (Å²) in [7, 11) is 1.71. The predicted molar refractivity (Wildman–Crippen MR) is 151 cm³/mol. The molecule has 1 N–H and O–H groups in total. The lowest BCUT2D eigenvalue weighted by atomic mass is 9.87. The smallest absolute Gasteiger partial charge is 0.236 e. The third kappa shape index (κ3) is 5.07. The number of carbonyl (C=O) groups excluding carboxylic acids is 1. The summed E-state index contributed by atoms with van der Waals surface area (Å²) >= 11 is 0. The van der Waals surface area contributed by atoms with Crippen LogP contribution in [0.2, 0.25) is 0 Å². The van der Waals surface area contributed by atoms with Gasteiger partial charge in [-0.1, -0.05) is 19.9 Å². The van der Waals surface area contributed by atoms with Gasteiger partial charge in [0.1, 0.15) is 6.33 Å². The standard InChI is InChI=1S/C30H40N6O2/c1-6-35(7-2)27(37)17-34-12-10-21(11-13-34)22-8-9-26-25(15-22)28(20(3)4)29(33-26)23-14-24(18-38-5)30-31-19-32-36(30)16-23/h8-9,14-16,19-21,33H,6-7,10-13,17-18H2,1-5H3. The summed E-state index contributed by atoms with van der Waals surface area (Å²) in [6.07, 6.45) is 5.79. The van der Waals surface area contributed by atoms with Crippen molar-refractivity contribution in [1.29, 1.82) is 0 Å². The second-order valence-corrected chi connectivity index (χ2v) is 10.7. The minimum atomic E-state index is 0.244. The summed E-state index contributed by atoms with van der Waals surface area (Å²) in [6.45, 7) is 13.1. The number of piperidine rings is 1. The molecule has 0 saturated carbocycles. The molecule has 0 atom stereocenters. The van der Waals surface area contributed by atoms with Gasteiger partial charge in [0.05, 0.1) is 18.8 Å². The molecule has 0 bridgehead atoms. The average molecular weight is 517 g/mol.